The minimum atomic E-state index is -0.123. The molecule has 0 spiro atoms. The quantitative estimate of drug-likeness (QED) is 0.846. The van der Waals surface area contributed by atoms with E-state index in [0.29, 0.717) is 6.04 Å². The van der Waals surface area contributed by atoms with Crippen molar-refractivity contribution in [2.75, 3.05) is 5.32 Å². The first-order valence-electron chi connectivity index (χ1n) is 6.44. The van der Waals surface area contributed by atoms with Crippen molar-refractivity contribution in [2.24, 2.45) is 7.05 Å². The van der Waals surface area contributed by atoms with Crippen LogP contribution in [-0.2, 0) is 7.05 Å². The second-order valence-electron chi connectivity index (χ2n) is 5.03. The minimum absolute atomic E-state index is 0.123. The molecule has 3 rings (SSSR count). The summed E-state index contributed by atoms with van der Waals surface area (Å²) in [4.78, 5) is 8.77. The first kappa shape index (κ1) is 11.5. The van der Waals surface area contributed by atoms with Crippen LogP contribution in [0.2, 0.25) is 0 Å². The number of fused-ring (bicyclic) bond motifs is 1. The summed E-state index contributed by atoms with van der Waals surface area (Å²) in [7, 11) is 1.98. The predicted octanol–water partition coefficient (Wildman–Crippen LogP) is 1.68. The van der Waals surface area contributed by atoms with E-state index in [-0.39, 0.29) is 6.10 Å². The van der Waals surface area contributed by atoms with Crippen LogP contribution in [-0.4, -0.2) is 31.8 Å². The molecule has 0 unspecified atom stereocenters. The molecule has 2 aromatic heterocycles. The molecular weight excluding hydrogens is 228 g/mol. The molecule has 0 saturated heterocycles. The third kappa shape index (κ3) is 2.06. The zero-order chi connectivity index (χ0) is 12.5. The lowest BCUT2D eigenvalue weighted by atomic mass is 9.93. The van der Waals surface area contributed by atoms with Crippen LogP contribution in [0.4, 0.5) is 5.82 Å². The Bertz CT molecular complexity index is 543. The molecule has 1 fully saturated rings. The van der Waals surface area contributed by atoms with Gasteiger partial charge in [0.05, 0.1) is 17.9 Å². The summed E-state index contributed by atoms with van der Waals surface area (Å²) in [6.45, 7) is 0. The second kappa shape index (κ2) is 4.57. The van der Waals surface area contributed by atoms with Gasteiger partial charge in [0.1, 0.15) is 5.52 Å². The zero-order valence-electron chi connectivity index (χ0n) is 10.5. The number of pyridine rings is 1. The van der Waals surface area contributed by atoms with Crippen molar-refractivity contribution in [2.45, 2.75) is 37.8 Å². The Kier molecular flexibility index (Phi) is 2.91. The topological polar surface area (TPSA) is 63.0 Å². The smallest absolute Gasteiger partial charge is 0.154 e. The van der Waals surface area contributed by atoms with Gasteiger partial charge in [-0.15, -0.1) is 0 Å². The summed E-state index contributed by atoms with van der Waals surface area (Å²) in [6, 6.07) is 2.37. The highest BCUT2D eigenvalue weighted by atomic mass is 16.3. The molecule has 0 atom stereocenters. The van der Waals surface area contributed by atoms with Crippen LogP contribution in [0.15, 0.2) is 18.6 Å². The molecule has 5 heteroatoms. The molecule has 0 radical (unpaired) electrons. The van der Waals surface area contributed by atoms with Crippen molar-refractivity contribution in [1.29, 1.82) is 0 Å². The van der Waals surface area contributed by atoms with E-state index in [9.17, 15) is 5.11 Å². The zero-order valence-corrected chi connectivity index (χ0v) is 10.5. The van der Waals surface area contributed by atoms with Crippen LogP contribution in [0, 0.1) is 0 Å². The van der Waals surface area contributed by atoms with Crippen molar-refractivity contribution in [3.05, 3.63) is 18.6 Å². The summed E-state index contributed by atoms with van der Waals surface area (Å²) in [5.41, 5.74) is 2.01. The van der Waals surface area contributed by atoms with Crippen LogP contribution < -0.4 is 5.32 Å². The molecular formula is C13H18N4O. The number of imidazole rings is 1. The Morgan fingerprint density at radius 3 is 2.83 bits per heavy atom. The van der Waals surface area contributed by atoms with Crippen molar-refractivity contribution < 1.29 is 5.11 Å². The average molecular weight is 246 g/mol. The normalized spacial score (nSPS) is 24.3. The second-order valence-corrected chi connectivity index (χ2v) is 5.03. The number of aliphatic hydroxyl groups excluding tert-OH is 1. The highest BCUT2D eigenvalue weighted by molar-refractivity contribution is 5.85. The molecule has 96 valence electrons. The molecule has 2 heterocycles. The first-order valence-corrected chi connectivity index (χ1v) is 6.44. The Balaban J connectivity index is 1.82. The van der Waals surface area contributed by atoms with E-state index in [1.807, 2.05) is 30.2 Å². The molecule has 0 aliphatic heterocycles. The van der Waals surface area contributed by atoms with Gasteiger partial charge < -0.3 is 15.0 Å². The van der Waals surface area contributed by atoms with Crippen LogP contribution in [0.3, 0.4) is 0 Å². The van der Waals surface area contributed by atoms with Crippen molar-refractivity contribution in [3.63, 3.8) is 0 Å². The summed E-state index contributed by atoms with van der Waals surface area (Å²) in [5, 5.41) is 13.0. The van der Waals surface area contributed by atoms with Crippen LogP contribution in [0.5, 0.6) is 0 Å². The largest absolute Gasteiger partial charge is 0.393 e. The van der Waals surface area contributed by atoms with E-state index in [2.05, 4.69) is 15.3 Å². The molecule has 0 bridgehead atoms. The number of anilines is 1. The Morgan fingerprint density at radius 1 is 1.28 bits per heavy atom. The number of rotatable bonds is 2. The van der Waals surface area contributed by atoms with Gasteiger partial charge in [0.15, 0.2) is 5.82 Å². The standard InChI is InChI=1S/C13H18N4O/c1-17-8-15-12-11(17)6-7-14-13(12)16-9-2-4-10(18)5-3-9/h6-10,18H,2-5H2,1H3,(H,14,16). The molecule has 0 aromatic carbocycles. The number of aliphatic hydroxyl groups is 1. The Hall–Kier alpha value is -1.62. The number of nitrogens with one attached hydrogen (secondary N) is 1. The summed E-state index contributed by atoms with van der Waals surface area (Å²) < 4.78 is 1.99. The average Bonchev–Trinajstić information content (AvgIpc) is 2.76. The molecule has 1 aliphatic rings. The van der Waals surface area contributed by atoms with E-state index in [1.54, 1.807) is 0 Å². The van der Waals surface area contributed by atoms with Gasteiger partial charge in [0.25, 0.3) is 0 Å². The lowest BCUT2D eigenvalue weighted by Crippen LogP contribution is -2.28. The maximum atomic E-state index is 9.51. The molecule has 2 N–H and O–H groups in total. The van der Waals surface area contributed by atoms with E-state index in [0.717, 1.165) is 42.5 Å². The molecule has 1 aliphatic carbocycles. The third-order valence-electron chi connectivity index (χ3n) is 3.68. The third-order valence-corrected chi connectivity index (χ3v) is 3.68. The Labute approximate surface area is 106 Å². The van der Waals surface area contributed by atoms with Crippen molar-refractivity contribution in [1.82, 2.24) is 14.5 Å². The molecule has 1 saturated carbocycles. The summed E-state index contributed by atoms with van der Waals surface area (Å²) >= 11 is 0. The molecule has 0 amide bonds. The van der Waals surface area contributed by atoms with Crippen LogP contribution in [0.1, 0.15) is 25.7 Å². The molecule has 5 nitrogen and oxygen atoms in total. The fraction of sp³-hybridized carbons (Fsp3) is 0.538. The highest BCUT2D eigenvalue weighted by Gasteiger charge is 2.20. The number of aryl methyl sites for hydroxylation is 1. The lowest BCUT2D eigenvalue weighted by molar-refractivity contribution is 0.126. The van der Waals surface area contributed by atoms with Gasteiger partial charge >= 0.3 is 0 Å². The van der Waals surface area contributed by atoms with Gasteiger partial charge in [-0.25, -0.2) is 9.97 Å². The number of aromatic nitrogens is 3. The monoisotopic (exact) mass is 246 g/mol. The van der Waals surface area contributed by atoms with E-state index in [1.165, 1.54) is 0 Å². The lowest BCUT2D eigenvalue weighted by Gasteiger charge is -2.26. The van der Waals surface area contributed by atoms with Crippen LogP contribution >= 0.6 is 0 Å². The van der Waals surface area contributed by atoms with Gasteiger partial charge in [-0.2, -0.15) is 0 Å². The maximum Gasteiger partial charge on any atom is 0.154 e. The fourth-order valence-corrected chi connectivity index (χ4v) is 2.58. The summed E-state index contributed by atoms with van der Waals surface area (Å²) in [5.74, 6) is 0.856. The molecule has 18 heavy (non-hydrogen) atoms. The van der Waals surface area contributed by atoms with Gasteiger partial charge in [0.2, 0.25) is 0 Å². The highest BCUT2D eigenvalue weighted by Crippen LogP contribution is 2.24. The maximum absolute atomic E-state index is 9.51. The number of hydrogen-bond donors (Lipinski definition) is 2. The van der Waals surface area contributed by atoms with Crippen LogP contribution in [0.25, 0.3) is 11.0 Å². The molecule has 2 aromatic rings. The predicted molar refractivity (Wildman–Crippen MR) is 70.4 cm³/mol. The Morgan fingerprint density at radius 2 is 2.06 bits per heavy atom. The van der Waals surface area contributed by atoms with Gasteiger partial charge in [0, 0.05) is 19.3 Å². The van der Waals surface area contributed by atoms with E-state index < -0.39 is 0 Å². The van der Waals surface area contributed by atoms with Gasteiger partial charge in [-0.3, -0.25) is 0 Å². The first-order chi connectivity index (χ1) is 8.74. The van der Waals surface area contributed by atoms with Gasteiger partial charge in [-0.05, 0) is 31.7 Å². The summed E-state index contributed by atoms with van der Waals surface area (Å²) in [6.07, 6.45) is 7.22. The number of nitrogens with zero attached hydrogens (tertiary/aromatic N) is 3. The SMILES string of the molecule is Cn1cnc2c(NC3CCC(O)CC3)nccc21. The van der Waals surface area contributed by atoms with Gasteiger partial charge in [-0.1, -0.05) is 0 Å². The minimum Gasteiger partial charge on any atom is -0.393 e. The number of hydrogen-bond acceptors (Lipinski definition) is 4. The van der Waals surface area contributed by atoms with Crippen molar-refractivity contribution in [3.8, 4) is 0 Å². The van der Waals surface area contributed by atoms with E-state index in [4.69, 9.17) is 0 Å². The van der Waals surface area contributed by atoms with Crippen molar-refractivity contribution >= 4 is 16.9 Å². The van der Waals surface area contributed by atoms with E-state index >= 15 is 0 Å². The fourth-order valence-electron chi connectivity index (χ4n) is 2.58.